The second-order valence-corrected chi connectivity index (χ2v) is 42.9. The lowest BCUT2D eigenvalue weighted by molar-refractivity contribution is 0.590. The molecule has 5 nitrogen and oxygen atoms in total. The highest BCUT2D eigenvalue weighted by atomic mass is 15.2. The molecule has 0 fully saturated rings. The van der Waals surface area contributed by atoms with E-state index in [4.69, 9.17) is 0 Å². The number of hydrogen-bond donors (Lipinski definition) is 0. The fraction of sp³-hybridized carbons (Fsp3) is 0.197. The molecule has 0 saturated heterocycles. The number of para-hydroxylation sites is 2. The van der Waals surface area contributed by atoms with Crippen molar-refractivity contribution in [1.82, 2.24) is 13.7 Å². The van der Waals surface area contributed by atoms with Crippen LogP contribution in [0.2, 0.25) is 0 Å². The summed E-state index contributed by atoms with van der Waals surface area (Å²) in [5.74, 6) is 0. The minimum Gasteiger partial charge on any atom is -0.310 e. The van der Waals surface area contributed by atoms with Crippen molar-refractivity contribution in [2.45, 2.75) is 157 Å². The number of hydrogen-bond acceptors (Lipinski definition) is 2. The third-order valence-corrected chi connectivity index (χ3v) is 28.7. The van der Waals surface area contributed by atoms with Crippen molar-refractivity contribution in [3.8, 4) is 61.6 Å². The van der Waals surface area contributed by atoms with Crippen LogP contribution < -0.4 is 26.2 Å². The lowest BCUT2D eigenvalue weighted by Crippen LogP contribution is -2.61. The average Bonchev–Trinajstić information content (AvgIpc) is 1.48. The van der Waals surface area contributed by atoms with Crippen LogP contribution >= 0.6 is 0 Å². The zero-order valence-corrected chi connectivity index (χ0v) is 77.0. The van der Waals surface area contributed by atoms with Gasteiger partial charge in [-0.25, -0.2) is 0 Å². The summed E-state index contributed by atoms with van der Waals surface area (Å²) in [6, 6.07) is 129. The van der Waals surface area contributed by atoms with Gasteiger partial charge in [0.1, 0.15) is 0 Å². The molecule has 0 saturated carbocycles. The van der Waals surface area contributed by atoms with Crippen LogP contribution in [0, 0.1) is 0 Å². The third-order valence-electron chi connectivity index (χ3n) is 28.7. The first kappa shape index (κ1) is 79.0. The number of benzene rings is 18. The first-order valence-corrected chi connectivity index (χ1v) is 46.1. The van der Waals surface area contributed by atoms with Crippen LogP contribution in [0.3, 0.4) is 0 Å². The Labute approximate surface area is 752 Å². The second kappa shape index (κ2) is 27.9. The lowest BCUT2D eigenvalue weighted by atomic mass is 9.33. The molecule has 6 heteroatoms. The van der Waals surface area contributed by atoms with Gasteiger partial charge in [0.05, 0.1) is 50.2 Å². The highest BCUT2D eigenvalue weighted by Crippen LogP contribution is 2.57. The molecule has 5 heterocycles. The Morgan fingerprint density at radius 3 is 0.930 bits per heavy atom. The van der Waals surface area contributed by atoms with Crippen LogP contribution in [0.25, 0.3) is 159 Å². The van der Waals surface area contributed by atoms with Gasteiger partial charge < -0.3 is 23.5 Å². The van der Waals surface area contributed by atoms with Crippen molar-refractivity contribution in [2.24, 2.45) is 0 Å². The molecule has 0 bridgehead atoms. The topological polar surface area (TPSA) is 21.3 Å². The molecule has 2 aliphatic heterocycles. The largest absolute Gasteiger partial charge is 0.310 e. The van der Waals surface area contributed by atoms with Crippen LogP contribution in [0.4, 0.5) is 34.1 Å². The molecule has 0 atom stereocenters. The van der Waals surface area contributed by atoms with Crippen molar-refractivity contribution in [3.05, 3.63) is 361 Å². The molecule has 0 radical (unpaired) electrons. The summed E-state index contributed by atoms with van der Waals surface area (Å²) in [7, 11) is 0. The standard InChI is InChI=1S/C122H108BN5/c1-117(2,3)80-47-41-75(42-48-80)89-36-27-35-88(74-31-23-20-24-32-74)115(89)127-106-71-86(124-99-61-51-82(119(7,8)9)67-93(99)94-68-83(120(10,11)12)52-62-100(94)124)55-57-97(106)123-98-58-56-87(125-101-63-53-84(121(13,14)15)69-95(101)96-70-85(122(16,17)18)54-64-102(96)125)72-107(98)128(109-66-79(65-108(127)114(109)123)73-29-21-19-22-30-73)116-90(76-43-49-81(50-44-76)118(4,5)6)37-28-40-105(116)126-103-59-45-77-33-25-38-91-92-39-26-34-78-46-60-104(126)113(111(78)92)112(103)110(77)91/h19-72H,1-18H3. The van der Waals surface area contributed by atoms with Gasteiger partial charge in [0.15, 0.2) is 0 Å². The van der Waals surface area contributed by atoms with E-state index in [1.54, 1.807) is 0 Å². The van der Waals surface area contributed by atoms with Crippen molar-refractivity contribution in [1.29, 1.82) is 0 Å². The molecular weight excluding hydrogens is 1550 g/mol. The zero-order chi connectivity index (χ0) is 88.1. The Morgan fingerprint density at radius 2 is 0.539 bits per heavy atom. The SMILES string of the molecule is CC(C)(C)c1ccc(-c2cccc(-c3ccccc3)c2N2c3cc(-n4c5ccc(C(C)(C)C)cc5c5cc(C(C)(C)C)ccc54)ccc3B3c4ccc(-n5c6ccc(C(C)(C)C)cc6c6cc(C(C)(C)C)ccc65)cc4N(c4c(-c5ccc(C(C)(C)C)cc5)cccc4-n4c5ccc6cccc7c8cccc9ccc4c(c98)c5c67)c4cc(-c5ccccc5)cc2c43)cc1. The van der Waals surface area contributed by atoms with E-state index in [0.717, 1.165) is 95.7 Å². The predicted octanol–water partition coefficient (Wildman–Crippen LogP) is 31.8. The molecule has 23 rings (SSSR count). The quantitative estimate of drug-likeness (QED) is 0.0816. The van der Waals surface area contributed by atoms with Gasteiger partial charge in [-0.2, -0.15) is 0 Å². The number of fused-ring (bicyclic) bond motifs is 11. The van der Waals surface area contributed by atoms with E-state index < -0.39 is 0 Å². The predicted molar refractivity (Wildman–Crippen MR) is 552 cm³/mol. The summed E-state index contributed by atoms with van der Waals surface area (Å²) >= 11 is 0. The molecule has 3 aromatic heterocycles. The molecule has 128 heavy (non-hydrogen) atoms. The van der Waals surface area contributed by atoms with Gasteiger partial charge in [-0.1, -0.05) is 349 Å². The first-order chi connectivity index (χ1) is 61.3. The zero-order valence-electron chi connectivity index (χ0n) is 77.0. The normalized spacial score (nSPS) is 13.5. The van der Waals surface area contributed by atoms with Crippen LogP contribution in [0.15, 0.2) is 328 Å². The van der Waals surface area contributed by atoms with E-state index in [1.165, 1.54) is 148 Å². The van der Waals surface area contributed by atoms with Gasteiger partial charge >= 0.3 is 0 Å². The fourth-order valence-electron chi connectivity index (χ4n) is 21.8. The van der Waals surface area contributed by atoms with E-state index in [9.17, 15) is 0 Å². The van der Waals surface area contributed by atoms with Crippen molar-refractivity contribution < 1.29 is 0 Å². The van der Waals surface area contributed by atoms with E-state index >= 15 is 0 Å². The van der Waals surface area contributed by atoms with E-state index in [0.29, 0.717) is 0 Å². The Morgan fingerprint density at radius 1 is 0.203 bits per heavy atom. The number of aromatic nitrogens is 3. The molecule has 624 valence electrons. The van der Waals surface area contributed by atoms with E-state index in [-0.39, 0.29) is 39.2 Å². The highest BCUT2D eigenvalue weighted by Gasteiger charge is 2.47. The summed E-state index contributed by atoms with van der Waals surface area (Å²) in [4.78, 5) is 5.53. The lowest BCUT2D eigenvalue weighted by Gasteiger charge is -2.46. The molecule has 2 aliphatic rings. The maximum atomic E-state index is 2.78. The van der Waals surface area contributed by atoms with Crippen LogP contribution in [0.5, 0.6) is 0 Å². The molecule has 0 spiro atoms. The van der Waals surface area contributed by atoms with Gasteiger partial charge in [-0.15, -0.1) is 0 Å². The Bertz CT molecular complexity index is 7900. The molecule has 0 unspecified atom stereocenters. The summed E-state index contributed by atoms with van der Waals surface area (Å²) in [5, 5.41) is 15.2. The average molecular weight is 1660 g/mol. The third kappa shape index (κ3) is 12.2. The first-order valence-electron chi connectivity index (χ1n) is 46.1. The highest BCUT2D eigenvalue weighted by molar-refractivity contribution is 7.00. The molecule has 21 aromatic rings. The number of nitrogens with zero attached hydrogens (tertiary/aromatic N) is 5. The van der Waals surface area contributed by atoms with Crippen LogP contribution in [-0.2, 0) is 32.5 Å². The molecule has 0 amide bonds. The van der Waals surface area contributed by atoms with Crippen LogP contribution in [-0.4, -0.2) is 20.4 Å². The second-order valence-electron chi connectivity index (χ2n) is 42.9. The summed E-state index contributed by atoms with van der Waals surface area (Å²) in [5.41, 5.74) is 36.9. The van der Waals surface area contributed by atoms with E-state index in [2.05, 4.69) is 476 Å². The summed E-state index contributed by atoms with van der Waals surface area (Å²) in [6.07, 6.45) is 0. The molecule has 18 aromatic carbocycles. The van der Waals surface area contributed by atoms with Crippen molar-refractivity contribution in [2.75, 3.05) is 9.80 Å². The van der Waals surface area contributed by atoms with Gasteiger partial charge in [-0.05, 0) is 246 Å². The number of anilines is 6. The maximum absolute atomic E-state index is 2.78. The van der Waals surface area contributed by atoms with Gasteiger partial charge in [0.25, 0.3) is 6.71 Å². The van der Waals surface area contributed by atoms with Crippen LogP contribution in [0.1, 0.15) is 158 Å². The Balaban J connectivity index is 0.903. The minimum absolute atomic E-state index is 0.0733. The number of rotatable bonds is 9. The summed E-state index contributed by atoms with van der Waals surface area (Å²) in [6.45, 7) is 41.8. The maximum Gasteiger partial charge on any atom is 0.252 e. The molecular formula is C122H108BN5. The smallest absolute Gasteiger partial charge is 0.252 e. The van der Waals surface area contributed by atoms with Gasteiger partial charge in [0, 0.05) is 83.1 Å². The van der Waals surface area contributed by atoms with E-state index in [1.807, 2.05) is 0 Å². The van der Waals surface area contributed by atoms with Crippen molar-refractivity contribution >= 4 is 155 Å². The fourth-order valence-corrected chi connectivity index (χ4v) is 21.8. The van der Waals surface area contributed by atoms with Gasteiger partial charge in [-0.3, -0.25) is 0 Å². The Kier molecular flexibility index (Phi) is 17.2. The summed E-state index contributed by atoms with van der Waals surface area (Å²) < 4.78 is 7.84. The van der Waals surface area contributed by atoms with Crippen molar-refractivity contribution in [3.63, 3.8) is 0 Å². The van der Waals surface area contributed by atoms with Gasteiger partial charge in [0.2, 0.25) is 0 Å². The molecule has 0 aliphatic carbocycles. The Hall–Kier alpha value is -13.7. The minimum atomic E-state index is -0.328. The monoisotopic (exact) mass is 1650 g/mol. The molecule has 0 N–H and O–H groups in total.